The maximum absolute atomic E-state index is 11.2. The lowest BCUT2D eigenvalue weighted by Crippen LogP contribution is -2.41. The fourth-order valence-corrected chi connectivity index (χ4v) is 2.39. The Balaban J connectivity index is 2.25. The summed E-state index contributed by atoms with van der Waals surface area (Å²) in [6.45, 7) is 8.07. The molecule has 0 saturated carbocycles. The molecule has 1 N–H and O–H groups in total. The molecule has 1 atom stereocenters. The molecule has 1 aliphatic heterocycles. The molecule has 122 valence electrons. The van der Waals surface area contributed by atoms with E-state index in [4.69, 9.17) is 18.5 Å². The fourth-order valence-electron chi connectivity index (χ4n) is 2.39. The average molecular weight is 310 g/mol. The van der Waals surface area contributed by atoms with Crippen LogP contribution in [0.15, 0.2) is 16.5 Å². The van der Waals surface area contributed by atoms with E-state index in [1.165, 1.54) is 0 Å². The Bertz CT molecular complexity index is 520. The number of carbonyl (C=O) groups is 1. The Kier molecular flexibility index (Phi) is 4.70. The summed E-state index contributed by atoms with van der Waals surface area (Å²) in [7, 11) is 0.910. The maximum Gasteiger partial charge on any atom is 0.469 e. The van der Waals surface area contributed by atoms with Gasteiger partial charge in [0.25, 0.3) is 0 Å². The molecular weight excluding hydrogens is 287 g/mol. The smallest absolute Gasteiger partial charge is 0.469 e. The zero-order valence-electron chi connectivity index (χ0n) is 13.7. The van der Waals surface area contributed by atoms with E-state index in [-0.39, 0.29) is 6.42 Å². The summed E-state index contributed by atoms with van der Waals surface area (Å²) >= 11 is 0. The molecule has 0 spiro atoms. The summed E-state index contributed by atoms with van der Waals surface area (Å²) in [5, 5.41) is 9.20. The van der Waals surface area contributed by atoms with Crippen LogP contribution >= 0.6 is 0 Å². The van der Waals surface area contributed by atoms with Crippen molar-refractivity contribution >= 4 is 13.1 Å². The molecule has 2 rings (SSSR count). The number of carboxylic acids is 1. The van der Waals surface area contributed by atoms with Gasteiger partial charge in [-0.15, -0.1) is 0 Å². The summed E-state index contributed by atoms with van der Waals surface area (Å²) in [5.74, 6) is -0.258. The quantitative estimate of drug-likeness (QED) is 0.814. The minimum Gasteiger partial charge on any atom is -0.481 e. The number of ether oxygens (including phenoxy) is 1. The molecular formula is C15H23BO6. The van der Waals surface area contributed by atoms with Gasteiger partial charge >= 0.3 is 13.1 Å². The molecule has 0 radical (unpaired) electrons. The SMILES string of the molecule is COCc1ccc(C(CC(=O)O)B2OC(C)(C)C(C)(C)O2)o1. The first-order valence-electron chi connectivity index (χ1n) is 7.31. The lowest BCUT2D eigenvalue weighted by Gasteiger charge is -2.32. The molecule has 0 aromatic carbocycles. The van der Waals surface area contributed by atoms with E-state index in [9.17, 15) is 9.90 Å². The molecule has 1 fully saturated rings. The standard InChI is InChI=1S/C15H23BO6/c1-14(2)15(3,4)22-16(21-14)11(8-13(17)18)12-7-6-10(20-12)9-19-5/h6-7,11H,8-9H2,1-5H3,(H,17,18). The van der Waals surface area contributed by atoms with E-state index < -0.39 is 30.1 Å². The van der Waals surface area contributed by atoms with Gasteiger partial charge in [0, 0.05) is 7.11 Å². The van der Waals surface area contributed by atoms with Crippen molar-refractivity contribution in [3.8, 4) is 0 Å². The van der Waals surface area contributed by atoms with Crippen molar-refractivity contribution in [2.75, 3.05) is 7.11 Å². The van der Waals surface area contributed by atoms with E-state index in [1.54, 1.807) is 19.2 Å². The second kappa shape index (κ2) is 6.06. The predicted octanol–water partition coefficient (Wildman–Crippen LogP) is 2.62. The monoisotopic (exact) mass is 310 g/mol. The highest BCUT2D eigenvalue weighted by atomic mass is 16.7. The molecule has 0 bridgehead atoms. The molecule has 0 amide bonds. The molecule has 1 aliphatic rings. The van der Waals surface area contributed by atoms with Gasteiger partial charge in [0.2, 0.25) is 0 Å². The summed E-state index contributed by atoms with van der Waals surface area (Å²) in [6, 6.07) is 3.53. The minimum atomic E-state index is -0.926. The Hall–Kier alpha value is -1.31. The second-order valence-electron chi connectivity index (χ2n) is 6.57. The van der Waals surface area contributed by atoms with Gasteiger partial charge < -0.3 is 23.6 Å². The van der Waals surface area contributed by atoms with Crippen LogP contribution in [0, 0.1) is 0 Å². The first-order valence-corrected chi connectivity index (χ1v) is 7.31. The van der Waals surface area contributed by atoms with Gasteiger partial charge in [-0.1, -0.05) is 0 Å². The van der Waals surface area contributed by atoms with Crippen molar-refractivity contribution < 1.29 is 28.4 Å². The van der Waals surface area contributed by atoms with Crippen LogP contribution in [0.2, 0.25) is 0 Å². The lowest BCUT2D eigenvalue weighted by molar-refractivity contribution is -0.137. The number of hydrogen-bond donors (Lipinski definition) is 1. The Morgan fingerprint density at radius 2 is 1.86 bits per heavy atom. The van der Waals surface area contributed by atoms with Crippen LogP contribution in [0.25, 0.3) is 0 Å². The molecule has 1 unspecified atom stereocenters. The topological polar surface area (TPSA) is 78.1 Å². The minimum absolute atomic E-state index is 0.128. The molecule has 0 aliphatic carbocycles. The first-order chi connectivity index (χ1) is 10.2. The Morgan fingerprint density at radius 3 is 2.36 bits per heavy atom. The number of carboxylic acid groups (broad SMARTS) is 1. The number of rotatable bonds is 6. The summed E-state index contributed by atoms with van der Waals surface area (Å²) < 4.78 is 22.7. The molecule has 7 heteroatoms. The predicted molar refractivity (Wildman–Crippen MR) is 80.5 cm³/mol. The Morgan fingerprint density at radius 1 is 1.27 bits per heavy atom. The van der Waals surface area contributed by atoms with Crippen molar-refractivity contribution in [1.82, 2.24) is 0 Å². The van der Waals surface area contributed by atoms with Gasteiger partial charge in [0.05, 0.1) is 23.4 Å². The molecule has 6 nitrogen and oxygen atoms in total. The third-order valence-electron chi connectivity index (χ3n) is 4.33. The fraction of sp³-hybridized carbons (Fsp3) is 0.667. The van der Waals surface area contributed by atoms with Gasteiger partial charge in [0.1, 0.15) is 18.1 Å². The van der Waals surface area contributed by atoms with Crippen molar-refractivity contribution in [3.63, 3.8) is 0 Å². The van der Waals surface area contributed by atoms with E-state index in [1.807, 2.05) is 27.7 Å². The van der Waals surface area contributed by atoms with Gasteiger partial charge in [-0.2, -0.15) is 0 Å². The number of methoxy groups -OCH3 is 1. The summed E-state index contributed by atoms with van der Waals surface area (Å²) in [5.41, 5.74) is -1.03. The van der Waals surface area contributed by atoms with Crippen LogP contribution in [0.3, 0.4) is 0 Å². The van der Waals surface area contributed by atoms with E-state index >= 15 is 0 Å². The zero-order chi connectivity index (χ0) is 16.5. The van der Waals surface area contributed by atoms with Gasteiger partial charge in [-0.05, 0) is 39.8 Å². The third-order valence-corrected chi connectivity index (χ3v) is 4.33. The molecule has 1 saturated heterocycles. The van der Waals surface area contributed by atoms with Crippen LogP contribution in [-0.2, 0) is 25.4 Å². The van der Waals surface area contributed by atoms with Crippen LogP contribution < -0.4 is 0 Å². The number of furan rings is 1. The van der Waals surface area contributed by atoms with Crippen LogP contribution in [-0.4, -0.2) is 36.5 Å². The highest BCUT2D eigenvalue weighted by Gasteiger charge is 2.55. The summed E-state index contributed by atoms with van der Waals surface area (Å²) in [4.78, 5) is 11.2. The van der Waals surface area contributed by atoms with Crippen molar-refractivity contribution in [2.45, 2.75) is 57.7 Å². The lowest BCUT2D eigenvalue weighted by atomic mass is 9.68. The highest BCUT2D eigenvalue weighted by Crippen LogP contribution is 2.42. The van der Waals surface area contributed by atoms with Crippen molar-refractivity contribution in [3.05, 3.63) is 23.7 Å². The van der Waals surface area contributed by atoms with E-state index in [0.717, 1.165) is 0 Å². The van der Waals surface area contributed by atoms with Gasteiger partial charge in [-0.3, -0.25) is 4.79 Å². The van der Waals surface area contributed by atoms with Crippen molar-refractivity contribution in [1.29, 1.82) is 0 Å². The molecule has 22 heavy (non-hydrogen) atoms. The molecule has 1 aromatic rings. The summed E-state index contributed by atoms with van der Waals surface area (Å²) in [6.07, 6.45) is -0.128. The van der Waals surface area contributed by atoms with E-state index in [2.05, 4.69) is 0 Å². The largest absolute Gasteiger partial charge is 0.481 e. The zero-order valence-corrected chi connectivity index (χ0v) is 13.7. The van der Waals surface area contributed by atoms with Gasteiger partial charge in [-0.25, -0.2) is 0 Å². The van der Waals surface area contributed by atoms with Crippen LogP contribution in [0.4, 0.5) is 0 Å². The van der Waals surface area contributed by atoms with E-state index in [0.29, 0.717) is 18.1 Å². The number of hydrogen-bond acceptors (Lipinski definition) is 5. The highest BCUT2D eigenvalue weighted by molar-refractivity contribution is 6.47. The van der Waals surface area contributed by atoms with Crippen LogP contribution in [0.5, 0.6) is 0 Å². The average Bonchev–Trinajstić information content (AvgIpc) is 2.90. The third kappa shape index (κ3) is 3.37. The molecule has 2 heterocycles. The normalized spacial score (nSPS) is 21.0. The Labute approximate surface area is 130 Å². The van der Waals surface area contributed by atoms with Gasteiger partial charge in [0.15, 0.2) is 0 Å². The maximum atomic E-state index is 11.2. The second-order valence-corrected chi connectivity index (χ2v) is 6.57. The van der Waals surface area contributed by atoms with Crippen LogP contribution in [0.1, 0.15) is 51.5 Å². The number of aliphatic carboxylic acids is 1. The van der Waals surface area contributed by atoms with Crippen molar-refractivity contribution in [2.24, 2.45) is 0 Å². The first kappa shape index (κ1) is 17.1. The molecule has 1 aromatic heterocycles.